The van der Waals surface area contributed by atoms with Crippen LogP contribution in [-0.2, 0) is 4.74 Å². The largest absolute Gasteiger partial charge is 0.370 e. The molecule has 1 saturated heterocycles. The van der Waals surface area contributed by atoms with E-state index in [9.17, 15) is 0 Å². The van der Waals surface area contributed by atoms with Crippen molar-refractivity contribution in [3.8, 4) is 0 Å². The summed E-state index contributed by atoms with van der Waals surface area (Å²) in [5.74, 6) is 2.23. The van der Waals surface area contributed by atoms with Crippen molar-refractivity contribution in [2.24, 2.45) is 11.8 Å². The van der Waals surface area contributed by atoms with Gasteiger partial charge in [-0.05, 0) is 43.9 Å². The summed E-state index contributed by atoms with van der Waals surface area (Å²) in [6, 6.07) is 0. The quantitative estimate of drug-likeness (QED) is 0.466. The average molecular weight is 138 g/mol. The fourth-order valence-corrected chi connectivity index (χ4v) is 2.46. The van der Waals surface area contributed by atoms with Crippen LogP contribution < -0.4 is 0 Å². The number of hydrogen-bond acceptors (Lipinski definition) is 1. The average Bonchev–Trinajstić information content (AvgIpc) is 2.70. The number of ether oxygens (including phenoxy) is 1. The molecule has 0 unspecified atom stereocenters. The third kappa shape index (κ3) is 0.800. The highest BCUT2D eigenvalue weighted by atomic mass is 16.6. The zero-order valence-corrected chi connectivity index (χ0v) is 6.25. The first-order chi connectivity index (χ1) is 4.93. The fraction of sp³-hybridized carbons (Fsp3) is 1.00. The minimum Gasteiger partial charge on any atom is -0.370 e. The van der Waals surface area contributed by atoms with Crippen molar-refractivity contribution in [1.82, 2.24) is 0 Å². The van der Waals surface area contributed by atoms with E-state index in [4.69, 9.17) is 4.74 Å². The third-order valence-electron chi connectivity index (χ3n) is 3.40. The van der Waals surface area contributed by atoms with Crippen LogP contribution in [0.3, 0.4) is 0 Å². The molecule has 0 amide bonds. The summed E-state index contributed by atoms with van der Waals surface area (Å²) in [5, 5.41) is 0. The molecule has 56 valence electrons. The van der Waals surface area contributed by atoms with Crippen LogP contribution in [0.15, 0.2) is 0 Å². The maximum atomic E-state index is 5.51. The van der Waals surface area contributed by atoms with Crippen molar-refractivity contribution in [3.05, 3.63) is 0 Å². The van der Waals surface area contributed by atoms with E-state index >= 15 is 0 Å². The van der Waals surface area contributed by atoms with Gasteiger partial charge in [0.05, 0.1) is 12.2 Å². The van der Waals surface area contributed by atoms with E-state index in [0.717, 1.165) is 11.8 Å². The molecule has 10 heavy (non-hydrogen) atoms. The molecule has 0 aromatic heterocycles. The van der Waals surface area contributed by atoms with E-state index in [-0.39, 0.29) is 0 Å². The van der Waals surface area contributed by atoms with Crippen LogP contribution in [0.2, 0.25) is 0 Å². The summed E-state index contributed by atoms with van der Waals surface area (Å²) in [5.41, 5.74) is 0. The molecule has 2 saturated carbocycles. The second kappa shape index (κ2) is 1.76. The minimum absolute atomic E-state index is 0.696. The van der Waals surface area contributed by atoms with Crippen molar-refractivity contribution in [3.63, 3.8) is 0 Å². The first kappa shape index (κ1) is 5.59. The van der Waals surface area contributed by atoms with Crippen molar-refractivity contribution in [2.75, 3.05) is 0 Å². The Balaban J connectivity index is 1.67. The molecule has 2 aliphatic carbocycles. The van der Waals surface area contributed by atoms with Gasteiger partial charge in [-0.15, -0.1) is 0 Å². The van der Waals surface area contributed by atoms with Crippen LogP contribution in [0.25, 0.3) is 0 Å². The molecule has 1 heteroatoms. The Hall–Kier alpha value is -0.0400. The molecule has 1 heterocycles. The predicted molar refractivity (Wildman–Crippen MR) is 38.7 cm³/mol. The van der Waals surface area contributed by atoms with Crippen molar-refractivity contribution < 1.29 is 4.74 Å². The summed E-state index contributed by atoms with van der Waals surface area (Å²) in [6.45, 7) is 0. The summed E-state index contributed by atoms with van der Waals surface area (Å²) in [4.78, 5) is 0. The van der Waals surface area contributed by atoms with Gasteiger partial charge in [-0.2, -0.15) is 0 Å². The third-order valence-corrected chi connectivity index (χ3v) is 3.40. The van der Waals surface area contributed by atoms with E-state index in [1.807, 2.05) is 0 Å². The lowest BCUT2D eigenvalue weighted by Crippen LogP contribution is -2.00. The number of hydrogen-bond donors (Lipinski definition) is 0. The lowest BCUT2D eigenvalue weighted by atomic mass is 10.0. The van der Waals surface area contributed by atoms with Gasteiger partial charge < -0.3 is 4.74 Å². The smallest absolute Gasteiger partial charge is 0.0842 e. The van der Waals surface area contributed by atoms with Gasteiger partial charge in [-0.1, -0.05) is 0 Å². The Bertz CT molecular complexity index is 121. The van der Waals surface area contributed by atoms with Gasteiger partial charge in [0.25, 0.3) is 0 Å². The zero-order valence-electron chi connectivity index (χ0n) is 6.25. The molecule has 3 fully saturated rings. The minimum atomic E-state index is 0.696. The van der Waals surface area contributed by atoms with E-state index in [0.29, 0.717) is 12.2 Å². The van der Waals surface area contributed by atoms with E-state index in [2.05, 4.69) is 0 Å². The second-order valence-electron chi connectivity index (χ2n) is 4.12. The van der Waals surface area contributed by atoms with Gasteiger partial charge in [0.1, 0.15) is 0 Å². The normalized spacial score (nSPS) is 57.6. The molecule has 3 aliphatic rings. The highest BCUT2D eigenvalue weighted by Gasteiger charge is 2.46. The van der Waals surface area contributed by atoms with Crippen LogP contribution in [0, 0.1) is 11.8 Å². The molecule has 1 nitrogen and oxygen atoms in total. The lowest BCUT2D eigenvalue weighted by molar-refractivity contribution is 0.354. The Kier molecular flexibility index (Phi) is 0.984. The standard InChI is InChI=1S/C9H14O/c1-3-8-9(10-8)4-2-7-5-6(1)7/h6-9H,1-5H2/t6-,7-,8-,9+/m1/s1. The highest BCUT2D eigenvalue weighted by molar-refractivity contribution is 4.95. The SMILES string of the molecule is C1C[C@@H]2O[C@@H]2CC[C@@H]2C[C@@H]12. The molecule has 0 spiro atoms. The monoisotopic (exact) mass is 138 g/mol. The maximum absolute atomic E-state index is 5.51. The summed E-state index contributed by atoms with van der Waals surface area (Å²) < 4.78 is 5.51. The number of rotatable bonds is 0. The van der Waals surface area contributed by atoms with Crippen LogP contribution in [0.4, 0.5) is 0 Å². The van der Waals surface area contributed by atoms with Gasteiger partial charge in [0, 0.05) is 0 Å². The summed E-state index contributed by atoms with van der Waals surface area (Å²) >= 11 is 0. The van der Waals surface area contributed by atoms with Crippen molar-refractivity contribution in [1.29, 1.82) is 0 Å². The topological polar surface area (TPSA) is 12.5 Å². The van der Waals surface area contributed by atoms with Gasteiger partial charge >= 0.3 is 0 Å². The van der Waals surface area contributed by atoms with Crippen LogP contribution in [-0.4, -0.2) is 12.2 Å². The molecule has 0 aromatic rings. The molecule has 0 aromatic carbocycles. The zero-order chi connectivity index (χ0) is 6.55. The van der Waals surface area contributed by atoms with E-state index < -0.39 is 0 Å². The first-order valence-electron chi connectivity index (χ1n) is 4.59. The Morgan fingerprint density at radius 1 is 0.800 bits per heavy atom. The Morgan fingerprint density at radius 3 is 2.00 bits per heavy atom. The molecule has 1 aliphatic heterocycles. The molecule has 4 atom stereocenters. The Morgan fingerprint density at radius 2 is 1.40 bits per heavy atom. The summed E-state index contributed by atoms with van der Waals surface area (Å²) in [7, 11) is 0. The Labute approximate surface area is 61.8 Å². The molecule has 3 rings (SSSR count). The maximum Gasteiger partial charge on any atom is 0.0842 e. The van der Waals surface area contributed by atoms with Gasteiger partial charge in [0.2, 0.25) is 0 Å². The fourth-order valence-electron chi connectivity index (χ4n) is 2.46. The number of fused-ring (bicyclic) bond motifs is 2. The molecular formula is C9H14O. The van der Waals surface area contributed by atoms with Crippen LogP contribution in [0.5, 0.6) is 0 Å². The molecule has 0 N–H and O–H groups in total. The summed E-state index contributed by atoms with van der Waals surface area (Å²) in [6.07, 6.45) is 8.59. The molecular weight excluding hydrogens is 124 g/mol. The predicted octanol–water partition coefficient (Wildman–Crippen LogP) is 1.96. The van der Waals surface area contributed by atoms with E-state index in [1.165, 1.54) is 25.7 Å². The lowest BCUT2D eigenvalue weighted by Gasteiger charge is -2.01. The van der Waals surface area contributed by atoms with Crippen molar-refractivity contribution in [2.45, 2.75) is 44.3 Å². The van der Waals surface area contributed by atoms with Crippen LogP contribution >= 0.6 is 0 Å². The highest BCUT2D eigenvalue weighted by Crippen LogP contribution is 2.50. The van der Waals surface area contributed by atoms with Gasteiger partial charge in [-0.25, -0.2) is 0 Å². The van der Waals surface area contributed by atoms with Gasteiger partial charge in [0.15, 0.2) is 0 Å². The van der Waals surface area contributed by atoms with Crippen LogP contribution in [0.1, 0.15) is 32.1 Å². The van der Waals surface area contributed by atoms with Crippen molar-refractivity contribution >= 4 is 0 Å². The molecule has 0 radical (unpaired) electrons. The van der Waals surface area contributed by atoms with E-state index in [1.54, 1.807) is 6.42 Å². The first-order valence-corrected chi connectivity index (χ1v) is 4.59. The number of epoxide rings is 1. The molecule has 0 bridgehead atoms. The second-order valence-corrected chi connectivity index (χ2v) is 4.12. The van der Waals surface area contributed by atoms with Gasteiger partial charge in [-0.3, -0.25) is 0 Å².